The SMILES string of the molecule is Nc1ccc(-c2ccc(Cl)cc2)c(COc2ccc(C3[CH]CCCC3)cc2)c1. The molecule has 0 aliphatic heterocycles. The fourth-order valence-electron chi connectivity index (χ4n) is 3.86. The Bertz CT molecular complexity index is 912. The minimum absolute atomic E-state index is 0.470. The van der Waals surface area contributed by atoms with E-state index in [1.807, 2.05) is 42.5 Å². The standard InChI is InChI=1S/C25H25ClNO/c26-22-10-6-20(7-11-22)25-15-12-23(27)16-21(25)17-28-24-13-8-19(9-14-24)18-4-2-1-3-5-18/h4,6-16,18H,1-3,5,17,27H2. The number of nitrogen functional groups attached to an aromatic ring is 1. The van der Waals surface area contributed by atoms with Crippen molar-refractivity contribution in [2.75, 3.05) is 5.73 Å². The van der Waals surface area contributed by atoms with Gasteiger partial charge in [-0.1, -0.05) is 54.8 Å². The van der Waals surface area contributed by atoms with Gasteiger partial charge < -0.3 is 10.5 Å². The highest BCUT2D eigenvalue weighted by Gasteiger charge is 2.15. The van der Waals surface area contributed by atoms with Gasteiger partial charge in [0.25, 0.3) is 0 Å². The summed E-state index contributed by atoms with van der Waals surface area (Å²) in [7, 11) is 0. The first-order valence-electron chi connectivity index (χ1n) is 9.89. The number of nitrogens with two attached hydrogens (primary N) is 1. The molecule has 1 fully saturated rings. The molecule has 1 atom stereocenters. The zero-order valence-corrected chi connectivity index (χ0v) is 16.7. The molecule has 1 radical (unpaired) electrons. The molecule has 0 aromatic heterocycles. The Labute approximate surface area is 172 Å². The Morgan fingerprint density at radius 1 is 0.929 bits per heavy atom. The van der Waals surface area contributed by atoms with E-state index >= 15 is 0 Å². The number of ether oxygens (including phenoxy) is 1. The molecule has 1 aliphatic rings. The molecule has 2 nitrogen and oxygen atoms in total. The molecule has 0 bridgehead atoms. The number of rotatable bonds is 5. The summed E-state index contributed by atoms with van der Waals surface area (Å²) in [6.07, 6.45) is 7.58. The molecule has 0 heterocycles. The maximum absolute atomic E-state index is 6.08. The Kier molecular flexibility index (Phi) is 5.87. The van der Waals surface area contributed by atoms with Crippen molar-refractivity contribution in [3.63, 3.8) is 0 Å². The maximum Gasteiger partial charge on any atom is 0.119 e. The van der Waals surface area contributed by atoms with Crippen LogP contribution in [0.1, 0.15) is 42.7 Å². The van der Waals surface area contributed by atoms with Crippen LogP contribution in [-0.2, 0) is 6.61 Å². The van der Waals surface area contributed by atoms with E-state index in [4.69, 9.17) is 22.1 Å². The average Bonchev–Trinajstić information content (AvgIpc) is 2.74. The van der Waals surface area contributed by atoms with E-state index in [0.717, 1.165) is 33.1 Å². The van der Waals surface area contributed by atoms with Crippen LogP contribution < -0.4 is 10.5 Å². The highest BCUT2D eigenvalue weighted by molar-refractivity contribution is 6.30. The summed E-state index contributed by atoms with van der Waals surface area (Å²) in [5.74, 6) is 1.47. The maximum atomic E-state index is 6.08. The van der Waals surface area contributed by atoms with Gasteiger partial charge in [-0.3, -0.25) is 0 Å². The molecule has 4 rings (SSSR count). The van der Waals surface area contributed by atoms with Crippen LogP contribution in [0, 0.1) is 6.42 Å². The number of hydrogen-bond acceptors (Lipinski definition) is 2. The normalized spacial score (nSPS) is 14.8. The fourth-order valence-corrected chi connectivity index (χ4v) is 3.99. The van der Waals surface area contributed by atoms with E-state index in [-0.39, 0.29) is 0 Å². The first-order valence-corrected chi connectivity index (χ1v) is 10.3. The van der Waals surface area contributed by atoms with Gasteiger partial charge in [0.05, 0.1) is 0 Å². The summed E-state index contributed by atoms with van der Waals surface area (Å²) < 4.78 is 6.08. The third-order valence-corrected chi connectivity index (χ3v) is 5.66. The van der Waals surface area contributed by atoms with Crippen molar-refractivity contribution in [1.29, 1.82) is 0 Å². The van der Waals surface area contributed by atoms with Gasteiger partial charge in [0, 0.05) is 10.7 Å². The lowest BCUT2D eigenvalue weighted by molar-refractivity contribution is 0.306. The van der Waals surface area contributed by atoms with Crippen LogP contribution in [0.4, 0.5) is 5.69 Å². The molecule has 2 N–H and O–H groups in total. The third kappa shape index (κ3) is 4.51. The molecule has 3 heteroatoms. The van der Waals surface area contributed by atoms with E-state index in [1.54, 1.807) is 0 Å². The Morgan fingerprint density at radius 2 is 1.71 bits per heavy atom. The predicted octanol–water partition coefficient (Wildman–Crippen LogP) is 7.03. The third-order valence-electron chi connectivity index (χ3n) is 5.41. The van der Waals surface area contributed by atoms with Crippen LogP contribution in [0.3, 0.4) is 0 Å². The molecule has 143 valence electrons. The van der Waals surface area contributed by atoms with E-state index in [9.17, 15) is 0 Å². The van der Waals surface area contributed by atoms with E-state index in [0.29, 0.717) is 12.5 Å². The average molecular weight is 391 g/mol. The molecule has 0 amide bonds. The van der Waals surface area contributed by atoms with Gasteiger partial charge in [-0.15, -0.1) is 0 Å². The van der Waals surface area contributed by atoms with Crippen LogP contribution in [0.15, 0.2) is 66.7 Å². The zero-order chi connectivity index (χ0) is 19.3. The van der Waals surface area contributed by atoms with Crippen LogP contribution in [0.25, 0.3) is 11.1 Å². The smallest absolute Gasteiger partial charge is 0.119 e. The Balaban J connectivity index is 1.48. The summed E-state index contributed by atoms with van der Waals surface area (Å²) in [6, 6.07) is 22.3. The highest BCUT2D eigenvalue weighted by atomic mass is 35.5. The van der Waals surface area contributed by atoms with E-state index in [2.05, 4.69) is 30.7 Å². The molecular formula is C25H25ClNO. The van der Waals surface area contributed by atoms with Gasteiger partial charge in [-0.2, -0.15) is 0 Å². The van der Waals surface area contributed by atoms with Crippen molar-refractivity contribution < 1.29 is 4.74 Å². The summed E-state index contributed by atoms with van der Waals surface area (Å²) >= 11 is 6.03. The molecule has 3 aromatic carbocycles. The van der Waals surface area contributed by atoms with Crippen LogP contribution in [0.2, 0.25) is 5.02 Å². The quantitative estimate of drug-likeness (QED) is 0.474. The van der Waals surface area contributed by atoms with Crippen LogP contribution >= 0.6 is 11.6 Å². The summed E-state index contributed by atoms with van der Waals surface area (Å²) in [4.78, 5) is 0. The molecule has 1 unspecified atom stereocenters. The second kappa shape index (κ2) is 8.70. The summed E-state index contributed by atoms with van der Waals surface area (Å²) in [5, 5.41) is 0.729. The minimum Gasteiger partial charge on any atom is -0.489 e. The summed E-state index contributed by atoms with van der Waals surface area (Å²) in [6.45, 7) is 0.470. The Hall–Kier alpha value is -2.45. The second-order valence-corrected chi connectivity index (χ2v) is 7.84. The number of benzene rings is 3. The topological polar surface area (TPSA) is 35.2 Å². The molecular weight excluding hydrogens is 366 g/mol. The first-order chi connectivity index (χ1) is 13.7. The fraction of sp³-hybridized carbons (Fsp3) is 0.240. The van der Waals surface area contributed by atoms with E-state index < -0.39 is 0 Å². The largest absolute Gasteiger partial charge is 0.489 e. The predicted molar refractivity (Wildman–Crippen MR) is 118 cm³/mol. The van der Waals surface area contributed by atoms with Gasteiger partial charge in [-0.05, 0) is 83.8 Å². The van der Waals surface area contributed by atoms with Crippen LogP contribution in [-0.4, -0.2) is 0 Å². The first kappa shape index (κ1) is 18.9. The molecule has 0 spiro atoms. The van der Waals surface area contributed by atoms with Gasteiger partial charge in [0.1, 0.15) is 12.4 Å². The molecule has 1 aliphatic carbocycles. The zero-order valence-electron chi connectivity index (χ0n) is 15.9. The minimum atomic E-state index is 0.470. The van der Waals surface area contributed by atoms with Crippen molar-refractivity contribution in [2.45, 2.75) is 38.2 Å². The molecule has 0 saturated heterocycles. The molecule has 1 saturated carbocycles. The van der Waals surface area contributed by atoms with Crippen molar-refractivity contribution in [3.8, 4) is 16.9 Å². The number of halogens is 1. The van der Waals surface area contributed by atoms with Crippen LogP contribution in [0.5, 0.6) is 5.75 Å². The lowest BCUT2D eigenvalue weighted by atomic mass is 9.84. The molecule has 28 heavy (non-hydrogen) atoms. The van der Waals surface area contributed by atoms with E-state index in [1.165, 1.54) is 31.2 Å². The number of hydrogen-bond donors (Lipinski definition) is 1. The lowest BCUT2D eigenvalue weighted by Crippen LogP contribution is -2.05. The van der Waals surface area contributed by atoms with Gasteiger partial charge >= 0.3 is 0 Å². The van der Waals surface area contributed by atoms with Crippen molar-refractivity contribution in [3.05, 3.63) is 89.3 Å². The number of anilines is 1. The van der Waals surface area contributed by atoms with Crippen molar-refractivity contribution in [2.24, 2.45) is 0 Å². The Morgan fingerprint density at radius 3 is 2.43 bits per heavy atom. The molecule has 3 aromatic rings. The van der Waals surface area contributed by atoms with Gasteiger partial charge in [0.2, 0.25) is 0 Å². The summed E-state index contributed by atoms with van der Waals surface area (Å²) in [5.41, 5.74) is 11.4. The lowest BCUT2D eigenvalue weighted by Gasteiger charge is -2.21. The van der Waals surface area contributed by atoms with Gasteiger partial charge in [-0.25, -0.2) is 0 Å². The van der Waals surface area contributed by atoms with Crippen molar-refractivity contribution in [1.82, 2.24) is 0 Å². The monoisotopic (exact) mass is 390 g/mol. The van der Waals surface area contributed by atoms with Crippen molar-refractivity contribution >= 4 is 17.3 Å². The van der Waals surface area contributed by atoms with Gasteiger partial charge in [0.15, 0.2) is 0 Å². The second-order valence-electron chi connectivity index (χ2n) is 7.41. The highest BCUT2D eigenvalue weighted by Crippen LogP contribution is 2.33.